The fourth-order valence-electron chi connectivity index (χ4n) is 2.40. The number of hydrogen-bond acceptors (Lipinski definition) is 0. The first-order chi connectivity index (χ1) is 8.31. The third-order valence-electron chi connectivity index (χ3n) is 3.25. The van der Waals surface area contributed by atoms with Crippen molar-refractivity contribution in [3.8, 4) is 0 Å². The van der Waals surface area contributed by atoms with E-state index in [2.05, 4.69) is 52.8 Å². The molecule has 0 radical (unpaired) electrons. The van der Waals surface area contributed by atoms with E-state index in [4.69, 9.17) is 17.0 Å². The summed E-state index contributed by atoms with van der Waals surface area (Å²) in [4.78, 5) is 0. The molecule has 0 heterocycles. The van der Waals surface area contributed by atoms with Crippen LogP contribution in [-0.2, 0) is 32.7 Å². The Kier molecular flexibility index (Phi) is 6.16. The van der Waals surface area contributed by atoms with Gasteiger partial charge in [-0.3, -0.25) is 0 Å². The summed E-state index contributed by atoms with van der Waals surface area (Å²) in [6.07, 6.45) is 3.51. The SMILES string of the molecule is CC1=Cc2c(C(C)(C)C)ccc(C)c2C1.[Cl][Zr][Cl]. The monoisotopic (exact) mass is 360 g/mol. The van der Waals surface area contributed by atoms with E-state index >= 15 is 0 Å². The van der Waals surface area contributed by atoms with Crippen LogP contribution < -0.4 is 0 Å². The van der Waals surface area contributed by atoms with Crippen molar-refractivity contribution < 1.29 is 20.8 Å². The molecule has 0 atom stereocenters. The molecule has 1 aromatic rings. The number of fused-ring (bicyclic) bond motifs is 1. The van der Waals surface area contributed by atoms with Crippen molar-refractivity contribution in [2.45, 2.75) is 46.5 Å². The summed E-state index contributed by atoms with van der Waals surface area (Å²) < 4.78 is 0. The maximum atomic E-state index is 4.93. The molecule has 0 N–H and O–H groups in total. The molecule has 0 bridgehead atoms. The van der Waals surface area contributed by atoms with Gasteiger partial charge in [0.2, 0.25) is 0 Å². The van der Waals surface area contributed by atoms with Gasteiger partial charge in [0.25, 0.3) is 0 Å². The Morgan fingerprint density at radius 1 is 1.11 bits per heavy atom. The standard InChI is InChI=1S/C15H20.2ClH.Zr/c1-10-8-12-11(2)6-7-14(13(12)9-10)15(3,4)5;;;/h6-7,9H,8H2,1-5H3;2*1H;/q;;;+2/p-2. The fourth-order valence-corrected chi connectivity index (χ4v) is 2.40. The van der Waals surface area contributed by atoms with E-state index in [1.165, 1.54) is 22.3 Å². The minimum absolute atomic E-state index is 0.249. The van der Waals surface area contributed by atoms with Gasteiger partial charge in [0.1, 0.15) is 0 Å². The second-order valence-electron chi connectivity index (χ2n) is 5.81. The van der Waals surface area contributed by atoms with Crippen molar-refractivity contribution >= 4 is 23.1 Å². The van der Waals surface area contributed by atoms with Crippen molar-refractivity contribution in [2.75, 3.05) is 0 Å². The van der Waals surface area contributed by atoms with Gasteiger partial charge in [0.15, 0.2) is 0 Å². The molecule has 0 aliphatic heterocycles. The van der Waals surface area contributed by atoms with E-state index in [9.17, 15) is 0 Å². The number of hydrogen-bond donors (Lipinski definition) is 0. The molecule has 2 rings (SSSR count). The molecule has 0 saturated heterocycles. The molecule has 1 aliphatic carbocycles. The normalized spacial score (nSPS) is 13.4. The number of allylic oxidation sites excluding steroid dienone is 1. The second kappa shape index (κ2) is 6.73. The molecule has 0 saturated carbocycles. The van der Waals surface area contributed by atoms with E-state index in [1.807, 2.05) is 0 Å². The Hall–Kier alpha value is 0.423. The van der Waals surface area contributed by atoms with E-state index in [0.29, 0.717) is 0 Å². The summed E-state index contributed by atoms with van der Waals surface area (Å²) in [5.74, 6) is 0. The van der Waals surface area contributed by atoms with Gasteiger partial charge < -0.3 is 0 Å². The van der Waals surface area contributed by atoms with Crippen molar-refractivity contribution in [3.63, 3.8) is 0 Å². The van der Waals surface area contributed by atoms with Crippen LogP contribution in [0.1, 0.15) is 49.9 Å². The zero-order valence-electron chi connectivity index (χ0n) is 11.7. The molecule has 0 unspecified atom stereocenters. The van der Waals surface area contributed by atoms with Gasteiger partial charge in [-0.25, -0.2) is 0 Å². The number of aryl methyl sites for hydroxylation is 1. The third kappa shape index (κ3) is 3.96. The summed E-state index contributed by atoms with van der Waals surface area (Å²) in [6.45, 7) is 11.3. The Labute approximate surface area is 129 Å². The molecular formula is C15H20Cl2Zr. The molecule has 0 nitrogen and oxygen atoms in total. The maximum absolute atomic E-state index is 4.93. The van der Waals surface area contributed by atoms with Gasteiger partial charge in [-0.1, -0.05) is 44.6 Å². The van der Waals surface area contributed by atoms with Crippen LogP contribution in [-0.4, -0.2) is 0 Å². The van der Waals surface area contributed by atoms with Crippen molar-refractivity contribution in [1.82, 2.24) is 0 Å². The van der Waals surface area contributed by atoms with Gasteiger partial charge in [-0.2, -0.15) is 0 Å². The predicted molar refractivity (Wildman–Crippen MR) is 78.9 cm³/mol. The summed E-state index contributed by atoms with van der Waals surface area (Å²) in [5, 5.41) is 0. The van der Waals surface area contributed by atoms with Crippen molar-refractivity contribution in [2.24, 2.45) is 0 Å². The quantitative estimate of drug-likeness (QED) is 0.561. The fraction of sp³-hybridized carbons (Fsp3) is 0.467. The van der Waals surface area contributed by atoms with Crippen LogP contribution in [0.15, 0.2) is 17.7 Å². The molecule has 0 aromatic heterocycles. The zero-order chi connectivity index (χ0) is 13.9. The van der Waals surface area contributed by atoms with Crippen LogP contribution in [0, 0.1) is 6.92 Å². The number of halogens is 2. The average molecular weight is 362 g/mol. The Bertz CT molecular complexity index is 456. The van der Waals surface area contributed by atoms with Gasteiger partial charge in [0, 0.05) is 0 Å². The molecule has 18 heavy (non-hydrogen) atoms. The van der Waals surface area contributed by atoms with Crippen LogP contribution in [0.3, 0.4) is 0 Å². The second-order valence-corrected chi connectivity index (χ2v) is 9.54. The van der Waals surface area contributed by atoms with Crippen LogP contribution >= 0.6 is 17.0 Å². The minimum atomic E-state index is -0.826. The molecule has 0 spiro atoms. The van der Waals surface area contributed by atoms with Crippen LogP contribution in [0.25, 0.3) is 6.08 Å². The molecule has 0 amide bonds. The summed E-state index contributed by atoms with van der Waals surface area (Å²) in [6, 6.07) is 4.56. The zero-order valence-corrected chi connectivity index (χ0v) is 15.7. The topological polar surface area (TPSA) is 0 Å². The molecule has 0 fully saturated rings. The molecular weight excluding hydrogens is 342 g/mol. The van der Waals surface area contributed by atoms with Crippen LogP contribution in [0.5, 0.6) is 0 Å². The van der Waals surface area contributed by atoms with E-state index in [-0.39, 0.29) is 5.41 Å². The van der Waals surface area contributed by atoms with E-state index in [0.717, 1.165) is 6.42 Å². The predicted octanol–water partition coefficient (Wildman–Crippen LogP) is 5.63. The first-order valence-corrected chi connectivity index (χ1v) is 12.4. The van der Waals surface area contributed by atoms with Gasteiger partial charge in [-0.05, 0) is 47.9 Å². The van der Waals surface area contributed by atoms with Crippen LogP contribution in [0.2, 0.25) is 0 Å². The Balaban J connectivity index is 0.000000492. The summed E-state index contributed by atoms with van der Waals surface area (Å²) >= 11 is -0.826. The summed E-state index contributed by atoms with van der Waals surface area (Å²) in [5.41, 5.74) is 7.69. The third-order valence-corrected chi connectivity index (χ3v) is 3.25. The molecule has 1 aliphatic rings. The van der Waals surface area contributed by atoms with Crippen molar-refractivity contribution in [1.29, 1.82) is 0 Å². The van der Waals surface area contributed by atoms with Gasteiger partial charge in [0.05, 0.1) is 0 Å². The molecule has 1 aromatic carbocycles. The number of rotatable bonds is 0. The van der Waals surface area contributed by atoms with Crippen LogP contribution in [0.4, 0.5) is 0 Å². The van der Waals surface area contributed by atoms with Gasteiger partial charge in [-0.15, -0.1) is 0 Å². The van der Waals surface area contributed by atoms with E-state index < -0.39 is 20.8 Å². The average Bonchev–Trinajstić information content (AvgIpc) is 2.60. The number of benzene rings is 1. The van der Waals surface area contributed by atoms with Crippen molar-refractivity contribution in [3.05, 3.63) is 40.0 Å². The molecule has 3 heteroatoms. The Morgan fingerprint density at radius 2 is 1.67 bits per heavy atom. The first-order valence-electron chi connectivity index (χ1n) is 6.07. The first kappa shape index (κ1) is 16.5. The van der Waals surface area contributed by atoms with E-state index in [1.54, 1.807) is 5.56 Å². The molecule has 98 valence electrons. The van der Waals surface area contributed by atoms with Gasteiger partial charge >= 0.3 is 37.9 Å². The Morgan fingerprint density at radius 3 is 2.17 bits per heavy atom. The summed E-state index contributed by atoms with van der Waals surface area (Å²) in [7, 11) is 9.87.